The van der Waals surface area contributed by atoms with Gasteiger partial charge in [-0.05, 0) is 61.0 Å². The van der Waals surface area contributed by atoms with E-state index in [1.54, 1.807) is 18.2 Å². The minimum absolute atomic E-state index is 0.280. The molecule has 0 unspecified atom stereocenters. The maximum atomic E-state index is 12.3. The van der Waals surface area contributed by atoms with Crippen LogP contribution in [0.4, 0.5) is 0 Å². The van der Waals surface area contributed by atoms with Crippen LogP contribution in [0.25, 0.3) is 0 Å². The summed E-state index contributed by atoms with van der Waals surface area (Å²) in [6.07, 6.45) is 3.31. The summed E-state index contributed by atoms with van der Waals surface area (Å²) in [5.41, 5.74) is 0.645. The standard InChI is InChI=1S/C17H22Cl2N2OS/c1-10-6-12(9-17(2,3)8-10)20-16(23)21-15(22)13-5-4-11(18)7-14(13)19/h4-5,7,10,12H,6,8-9H2,1-3H3,(H2,20,21,22,23)/t10-,12-/m1/s1. The average Bonchev–Trinajstić information content (AvgIpc) is 2.35. The predicted octanol–water partition coefficient (Wildman–Crippen LogP) is 4.81. The van der Waals surface area contributed by atoms with E-state index in [0.29, 0.717) is 26.6 Å². The Kier molecular flexibility index (Phi) is 5.93. The van der Waals surface area contributed by atoms with Gasteiger partial charge < -0.3 is 5.32 Å². The van der Waals surface area contributed by atoms with Crippen LogP contribution >= 0.6 is 35.4 Å². The van der Waals surface area contributed by atoms with E-state index in [1.807, 2.05) is 0 Å². The minimum Gasteiger partial charge on any atom is -0.360 e. The summed E-state index contributed by atoms with van der Waals surface area (Å²) in [4.78, 5) is 12.3. The predicted molar refractivity (Wildman–Crippen MR) is 100 cm³/mol. The van der Waals surface area contributed by atoms with Crippen molar-refractivity contribution in [3.63, 3.8) is 0 Å². The van der Waals surface area contributed by atoms with Crippen LogP contribution in [-0.4, -0.2) is 17.1 Å². The highest BCUT2D eigenvalue weighted by atomic mass is 35.5. The summed E-state index contributed by atoms with van der Waals surface area (Å²) in [5.74, 6) is 0.313. The van der Waals surface area contributed by atoms with E-state index >= 15 is 0 Å². The van der Waals surface area contributed by atoms with E-state index in [9.17, 15) is 4.79 Å². The van der Waals surface area contributed by atoms with E-state index in [4.69, 9.17) is 35.4 Å². The quantitative estimate of drug-likeness (QED) is 0.731. The molecule has 1 amide bonds. The largest absolute Gasteiger partial charge is 0.360 e. The third-order valence-corrected chi connectivity index (χ3v) is 4.89. The molecule has 0 aromatic heterocycles. The minimum atomic E-state index is -0.327. The van der Waals surface area contributed by atoms with E-state index in [0.717, 1.165) is 12.8 Å². The van der Waals surface area contributed by atoms with Gasteiger partial charge in [0.1, 0.15) is 0 Å². The van der Waals surface area contributed by atoms with Crippen molar-refractivity contribution in [2.75, 3.05) is 0 Å². The molecule has 1 aromatic carbocycles. The molecule has 3 nitrogen and oxygen atoms in total. The molecule has 2 rings (SSSR count). The zero-order chi connectivity index (χ0) is 17.2. The van der Waals surface area contributed by atoms with Crippen LogP contribution < -0.4 is 10.6 Å². The number of benzene rings is 1. The van der Waals surface area contributed by atoms with Crippen LogP contribution in [0, 0.1) is 11.3 Å². The molecule has 1 saturated carbocycles. The molecular weight excluding hydrogens is 351 g/mol. The maximum absolute atomic E-state index is 12.3. The number of rotatable bonds is 2. The maximum Gasteiger partial charge on any atom is 0.258 e. The summed E-state index contributed by atoms with van der Waals surface area (Å²) in [6, 6.07) is 5.04. The molecule has 0 saturated heterocycles. The van der Waals surface area contributed by atoms with Crippen LogP contribution in [-0.2, 0) is 0 Å². The molecule has 1 fully saturated rings. The highest BCUT2D eigenvalue weighted by Gasteiger charge is 2.32. The lowest BCUT2D eigenvalue weighted by Crippen LogP contribution is -2.48. The molecule has 23 heavy (non-hydrogen) atoms. The van der Waals surface area contributed by atoms with Crippen molar-refractivity contribution in [2.24, 2.45) is 11.3 Å². The van der Waals surface area contributed by atoms with Gasteiger partial charge in [-0.2, -0.15) is 0 Å². The molecule has 1 aliphatic rings. The number of thiocarbonyl (C=S) groups is 1. The zero-order valence-corrected chi connectivity index (χ0v) is 15.9. The second-order valence-corrected chi connectivity index (χ2v) is 8.41. The normalized spacial score (nSPS) is 23.2. The van der Waals surface area contributed by atoms with E-state index in [1.165, 1.54) is 6.42 Å². The van der Waals surface area contributed by atoms with Crippen molar-refractivity contribution < 1.29 is 4.79 Å². The van der Waals surface area contributed by atoms with Crippen molar-refractivity contribution in [1.82, 2.24) is 10.6 Å². The second-order valence-electron chi connectivity index (χ2n) is 7.16. The fourth-order valence-corrected chi connectivity index (χ4v) is 4.28. The molecule has 0 bridgehead atoms. The molecule has 0 radical (unpaired) electrons. The molecule has 0 heterocycles. The Morgan fingerprint density at radius 3 is 2.61 bits per heavy atom. The van der Waals surface area contributed by atoms with Crippen molar-refractivity contribution in [3.8, 4) is 0 Å². The Bertz CT molecular complexity index is 619. The van der Waals surface area contributed by atoms with Gasteiger partial charge in [0.05, 0.1) is 10.6 Å². The molecule has 0 spiro atoms. The van der Waals surface area contributed by atoms with Crippen molar-refractivity contribution in [2.45, 2.75) is 46.1 Å². The number of nitrogens with one attached hydrogen (secondary N) is 2. The summed E-state index contributed by atoms with van der Waals surface area (Å²) < 4.78 is 0. The van der Waals surface area contributed by atoms with Gasteiger partial charge in [-0.3, -0.25) is 10.1 Å². The highest BCUT2D eigenvalue weighted by molar-refractivity contribution is 7.80. The molecule has 2 N–H and O–H groups in total. The summed E-state index contributed by atoms with van der Waals surface area (Å²) in [7, 11) is 0. The third-order valence-electron chi connectivity index (χ3n) is 4.12. The first-order valence-corrected chi connectivity index (χ1v) is 8.89. The first kappa shape index (κ1) is 18.5. The van der Waals surface area contributed by atoms with Gasteiger partial charge in [-0.15, -0.1) is 0 Å². The average molecular weight is 373 g/mol. The highest BCUT2D eigenvalue weighted by Crippen LogP contribution is 2.38. The Balaban J connectivity index is 1.95. The van der Waals surface area contributed by atoms with Crippen LogP contribution in [0.2, 0.25) is 10.0 Å². The topological polar surface area (TPSA) is 41.1 Å². The van der Waals surface area contributed by atoms with E-state index in [2.05, 4.69) is 31.4 Å². The second kappa shape index (κ2) is 7.37. The monoisotopic (exact) mass is 372 g/mol. The van der Waals surface area contributed by atoms with Crippen LogP contribution in [0.3, 0.4) is 0 Å². The molecule has 1 aliphatic carbocycles. The molecule has 6 heteroatoms. The Hall–Kier alpha value is -0.840. The van der Waals surface area contributed by atoms with E-state index < -0.39 is 0 Å². The Morgan fingerprint density at radius 2 is 2.00 bits per heavy atom. The fraction of sp³-hybridized carbons (Fsp3) is 0.529. The van der Waals surface area contributed by atoms with Crippen molar-refractivity contribution in [3.05, 3.63) is 33.8 Å². The summed E-state index contributed by atoms with van der Waals surface area (Å²) in [5, 5.41) is 7.11. The number of amides is 1. The SMILES string of the molecule is C[C@@H]1C[C@@H](NC(=S)NC(=O)c2ccc(Cl)cc2Cl)CC(C)(C)C1. The van der Waals surface area contributed by atoms with Crippen LogP contribution in [0.5, 0.6) is 0 Å². The smallest absolute Gasteiger partial charge is 0.258 e. The van der Waals surface area contributed by atoms with Crippen molar-refractivity contribution in [1.29, 1.82) is 0 Å². The Morgan fingerprint density at radius 1 is 1.30 bits per heavy atom. The third kappa shape index (κ3) is 5.33. The van der Waals surface area contributed by atoms with E-state index in [-0.39, 0.29) is 17.4 Å². The number of carbonyl (C=O) groups is 1. The van der Waals surface area contributed by atoms with Crippen LogP contribution in [0.1, 0.15) is 50.4 Å². The van der Waals surface area contributed by atoms with Gasteiger partial charge in [0.15, 0.2) is 5.11 Å². The number of carbonyl (C=O) groups excluding carboxylic acids is 1. The molecule has 1 aromatic rings. The van der Waals surface area contributed by atoms with Crippen molar-refractivity contribution >= 4 is 46.4 Å². The van der Waals surface area contributed by atoms with Gasteiger partial charge in [0.25, 0.3) is 5.91 Å². The van der Waals surface area contributed by atoms with Crippen LogP contribution in [0.15, 0.2) is 18.2 Å². The van der Waals surface area contributed by atoms with Gasteiger partial charge >= 0.3 is 0 Å². The van der Waals surface area contributed by atoms with Gasteiger partial charge in [-0.25, -0.2) is 0 Å². The van der Waals surface area contributed by atoms with Gasteiger partial charge in [-0.1, -0.05) is 44.0 Å². The summed E-state index contributed by atoms with van der Waals surface area (Å²) in [6.45, 7) is 6.80. The molecule has 126 valence electrons. The fourth-order valence-electron chi connectivity index (χ4n) is 3.52. The molecular formula is C17H22Cl2N2OS. The summed E-state index contributed by atoms with van der Waals surface area (Å²) >= 11 is 17.2. The lowest BCUT2D eigenvalue weighted by Gasteiger charge is -2.39. The molecule has 2 atom stereocenters. The van der Waals surface area contributed by atoms with Gasteiger partial charge in [0.2, 0.25) is 0 Å². The first-order chi connectivity index (χ1) is 10.7. The van der Waals surface area contributed by atoms with Gasteiger partial charge in [0, 0.05) is 11.1 Å². The number of hydrogen-bond donors (Lipinski definition) is 2. The molecule has 0 aliphatic heterocycles. The lowest BCUT2D eigenvalue weighted by molar-refractivity contribution is 0.0976. The Labute approximate surface area is 153 Å². The number of halogens is 2. The lowest BCUT2D eigenvalue weighted by atomic mass is 9.71. The zero-order valence-electron chi connectivity index (χ0n) is 13.6. The number of hydrogen-bond acceptors (Lipinski definition) is 2. The first-order valence-electron chi connectivity index (χ1n) is 7.73.